The van der Waals surface area contributed by atoms with E-state index < -0.39 is 5.60 Å². The van der Waals surface area contributed by atoms with Gasteiger partial charge in [-0.2, -0.15) is 0 Å². The van der Waals surface area contributed by atoms with Gasteiger partial charge in [0.25, 0.3) is 0 Å². The maximum atomic E-state index is 11.9. The van der Waals surface area contributed by atoms with Gasteiger partial charge >= 0.3 is 0 Å². The molecule has 4 heteroatoms. The number of carbonyl (C=O) groups excluding carboxylic acids is 1. The third-order valence-electron chi connectivity index (χ3n) is 3.99. The Kier molecular flexibility index (Phi) is 2.84. The molecule has 96 valence electrons. The number of benzene rings is 1. The van der Waals surface area contributed by atoms with Gasteiger partial charge < -0.3 is 14.7 Å². The Morgan fingerprint density at radius 3 is 2.89 bits per heavy atom. The van der Waals surface area contributed by atoms with Crippen molar-refractivity contribution in [2.24, 2.45) is 0 Å². The molecular formula is C14H17NO3. The zero-order valence-electron chi connectivity index (χ0n) is 10.2. The van der Waals surface area contributed by atoms with E-state index in [4.69, 9.17) is 4.74 Å². The molecule has 1 N–H and O–H groups in total. The number of carbonyl (C=O) groups is 1. The number of hydrogen-bond donors (Lipinski definition) is 1. The molecule has 0 saturated carbocycles. The molecule has 3 rings (SSSR count). The molecule has 0 aliphatic carbocycles. The summed E-state index contributed by atoms with van der Waals surface area (Å²) in [5, 5.41) is 11.0. The maximum Gasteiger partial charge on any atom is 0.223 e. The SMILES string of the molecule is O=C1CC[C@@](O)(c2ccccc2)[C@H]2COCCN12. The van der Waals surface area contributed by atoms with Crippen LogP contribution in [0.1, 0.15) is 18.4 Å². The van der Waals surface area contributed by atoms with Crippen LogP contribution in [0.4, 0.5) is 0 Å². The van der Waals surface area contributed by atoms with E-state index in [1.807, 2.05) is 30.3 Å². The third kappa shape index (κ3) is 1.72. The first-order chi connectivity index (χ1) is 8.72. The van der Waals surface area contributed by atoms with Crippen LogP contribution in [0.15, 0.2) is 30.3 Å². The third-order valence-corrected chi connectivity index (χ3v) is 3.99. The van der Waals surface area contributed by atoms with E-state index in [0.717, 1.165) is 5.56 Å². The van der Waals surface area contributed by atoms with Crippen molar-refractivity contribution in [3.63, 3.8) is 0 Å². The van der Waals surface area contributed by atoms with Gasteiger partial charge in [-0.15, -0.1) is 0 Å². The second-order valence-corrected chi connectivity index (χ2v) is 4.97. The number of amides is 1. The molecule has 2 aliphatic heterocycles. The van der Waals surface area contributed by atoms with Gasteiger partial charge in [-0.25, -0.2) is 0 Å². The number of hydrogen-bond acceptors (Lipinski definition) is 3. The van der Waals surface area contributed by atoms with Crippen molar-refractivity contribution in [1.29, 1.82) is 0 Å². The largest absolute Gasteiger partial charge is 0.383 e. The normalized spacial score (nSPS) is 32.2. The van der Waals surface area contributed by atoms with Crippen LogP contribution in [0.5, 0.6) is 0 Å². The molecule has 2 aliphatic rings. The summed E-state index contributed by atoms with van der Waals surface area (Å²) in [6, 6.07) is 9.34. The molecule has 2 atom stereocenters. The smallest absolute Gasteiger partial charge is 0.223 e. The summed E-state index contributed by atoms with van der Waals surface area (Å²) in [6.07, 6.45) is 0.877. The first-order valence-corrected chi connectivity index (χ1v) is 6.37. The lowest BCUT2D eigenvalue weighted by molar-refractivity contribution is -0.172. The fourth-order valence-electron chi connectivity index (χ4n) is 2.97. The lowest BCUT2D eigenvalue weighted by Crippen LogP contribution is -2.62. The van der Waals surface area contributed by atoms with Crippen LogP contribution in [-0.4, -0.2) is 41.7 Å². The van der Waals surface area contributed by atoms with Crippen molar-refractivity contribution in [3.05, 3.63) is 35.9 Å². The van der Waals surface area contributed by atoms with Crippen LogP contribution in [0.3, 0.4) is 0 Å². The highest BCUT2D eigenvalue weighted by atomic mass is 16.5. The van der Waals surface area contributed by atoms with Crippen LogP contribution in [0.25, 0.3) is 0 Å². The Labute approximate surface area is 106 Å². The maximum absolute atomic E-state index is 11.9. The van der Waals surface area contributed by atoms with Crippen LogP contribution in [-0.2, 0) is 15.1 Å². The van der Waals surface area contributed by atoms with Gasteiger partial charge in [-0.1, -0.05) is 30.3 Å². The molecule has 0 radical (unpaired) electrons. The van der Waals surface area contributed by atoms with E-state index in [9.17, 15) is 9.90 Å². The standard InChI is InChI=1S/C14H17NO3/c16-13-6-7-14(17,11-4-2-1-3-5-11)12-10-18-9-8-15(12)13/h1-5,12,17H,6-10H2/t12-,14-/m1/s1. The first kappa shape index (κ1) is 11.7. The summed E-state index contributed by atoms with van der Waals surface area (Å²) >= 11 is 0. The van der Waals surface area contributed by atoms with E-state index in [-0.39, 0.29) is 11.9 Å². The molecule has 2 fully saturated rings. The first-order valence-electron chi connectivity index (χ1n) is 6.37. The molecule has 0 spiro atoms. The summed E-state index contributed by atoms with van der Waals surface area (Å²) in [5.74, 6) is 0.129. The summed E-state index contributed by atoms with van der Waals surface area (Å²) in [4.78, 5) is 13.7. The van der Waals surface area contributed by atoms with E-state index in [2.05, 4.69) is 0 Å². The fraction of sp³-hybridized carbons (Fsp3) is 0.500. The molecule has 0 unspecified atom stereocenters. The van der Waals surface area contributed by atoms with Crippen molar-refractivity contribution in [2.75, 3.05) is 19.8 Å². The molecular weight excluding hydrogens is 230 g/mol. The Morgan fingerprint density at radius 2 is 2.11 bits per heavy atom. The summed E-state index contributed by atoms with van der Waals surface area (Å²) in [6.45, 7) is 1.56. The van der Waals surface area contributed by atoms with E-state index >= 15 is 0 Å². The van der Waals surface area contributed by atoms with Crippen LogP contribution >= 0.6 is 0 Å². The van der Waals surface area contributed by atoms with Gasteiger partial charge in [-0.3, -0.25) is 4.79 Å². The molecule has 1 aromatic carbocycles. The molecule has 2 saturated heterocycles. The van der Waals surface area contributed by atoms with Gasteiger partial charge in [0.05, 0.1) is 19.3 Å². The lowest BCUT2D eigenvalue weighted by atomic mass is 9.78. The van der Waals surface area contributed by atoms with Crippen LogP contribution in [0, 0.1) is 0 Å². The molecule has 4 nitrogen and oxygen atoms in total. The minimum absolute atomic E-state index is 0.129. The average Bonchev–Trinajstić information content (AvgIpc) is 2.44. The average molecular weight is 247 g/mol. The topological polar surface area (TPSA) is 49.8 Å². The second-order valence-electron chi connectivity index (χ2n) is 4.97. The predicted octanol–water partition coefficient (Wildman–Crippen LogP) is 0.895. The van der Waals surface area contributed by atoms with Crippen molar-refractivity contribution in [1.82, 2.24) is 4.90 Å². The lowest BCUT2D eigenvalue weighted by Gasteiger charge is -2.49. The molecule has 18 heavy (non-hydrogen) atoms. The highest BCUT2D eigenvalue weighted by Gasteiger charge is 2.48. The van der Waals surface area contributed by atoms with Crippen LogP contribution in [0.2, 0.25) is 0 Å². The molecule has 0 aromatic heterocycles. The van der Waals surface area contributed by atoms with Crippen molar-refractivity contribution in [3.8, 4) is 0 Å². The molecule has 2 heterocycles. The van der Waals surface area contributed by atoms with Crippen molar-refractivity contribution < 1.29 is 14.6 Å². The Bertz CT molecular complexity index is 448. The summed E-state index contributed by atoms with van der Waals surface area (Å²) < 4.78 is 5.45. The van der Waals surface area contributed by atoms with Crippen molar-refractivity contribution in [2.45, 2.75) is 24.5 Å². The Hall–Kier alpha value is -1.39. The zero-order chi connectivity index (χ0) is 12.6. The quantitative estimate of drug-likeness (QED) is 0.802. The Balaban J connectivity index is 1.98. The molecule has 1 aromatic rings. The summed E-state index contributed by atoms with van der Waals surface area (Å²) in [5.41, 5.74) is -0.103. The predicted molar refractivity (Wildman–Crippen MR) is 65.9 cm³/mol. The van der Waals surface area contributed by atoms with Gasteiger partial charge in [0, 0.05) is 13.0 Å². The van der Waals surface area contributed by atoms with E-state index in [1.54, 1.807) is 4.90 Å². The minimum Gasteiger partial charge on any atom is -0.383 e. The van der Waals surface area contributed by atoms with Gasteiger partial charge in [0.1, 0.15) is 5.60 Å². The number of nitrogens with zero attached hydrogens (tertiary/aromatic N) is 1. The molecule has 0 bridgehead atoms. The van der Waals surface area contributed by atoms with E-state index in [1.165, 1.54) is 0 Å². The summed E-state index contributed by atoms with van der Waals surface area (Å²) in [7, 11) is 0. The second kappa shape index (κ2) is 4.37. The highest BCUT2D eigenvalue weighted by Crippen LogP contribution is 2.38. The number of piperidine rings is 1. The van der Waals surface area contributed by atoms with Gasteiger partial charge in [0.2, 0.25) is 5.91 Å². The van der Waals surface area contributed by atoms with E-state index in [0.29, 0.717) is 32.6 Å². The number of ether oxygens (including phenoxy) is 1. The number of morpholine rings is 1. The number of aliphatic hydroxyl groups is 1. The zero-order valence-corrected chi connectivity index (χ0v) is 10.2. The fourth-order valence-corrected chi connectivity index (χ4v) is 2.97. The van der Waals surface area contributed by atoms with Crippen LogP contribution < -0.4 is 0 Å². The van der Waals surface area contributed by atoms with Gasteiger partial charge in [-0.05, 0) is 12.0 Å². The number of fused-ring (bicyclic) bond motifs is 1. The molecule has 1 amide bonds. The Morgan fingerprint density at radius 1 is 1.33 bits per heavy atom. The number of rotatable bonds is 1. The minimum atomic E-state index is -0.977. The van der Waals surface area contributed by atoms with Crippen molar-refractivity contribution >= 4 is 5.91 Å². The van der Waals surface area contributed by atoms with Gasteiger partial charge in [0.15, 0.2) is 0 Å². The highest BCUT2D eigenvalue weighted by molar-refractivity contribution is 5.78. The monoisotopic (exact) mass is 247 g/mol.